The van der Waals surface area contributed by atoms with Gasteiger partial charge in [0.1, 0.15) is 11.9 Å². The molecule has 9 heteroatoms. The van der Waals surface area contributed by atoms with Crippen LogP contribution < -0.4 is 5.32 Å². The highest BCUT2D eigenvalue weighted by atomic mass is 19.1. The minimum atomic E-state index is -0.794. The quantitative estimate of drug-likeness (QED) is 0.491. The van der Waals surface area contributed by atoms with Crippen molar-refractivity contribution in [3.8, 4) is 0 Å². The Labute approximate surface area is 236 Å². The number of imide groups is 1. The summed E-state index contributed by atoms with van der Waals surface area (Å²) >= 11 is 0. The number of piperidine rings is 1. The zero-order valence-corrected chi connectivity index (χ0v) is 22.3. The van der Waals surface area contributed by atoms with Gasteiger partial charge in [0.25, 0.3) is 11.8 Å². The van der Waals surface area contributed by atoms with E-state index in [-0.39, 0.29) is 60.5 Å². The van der Waals surface area contributed by atoms with Gasteiger partial charge >= 0.3 is 0 Å². The van der Waals surface area contributed by atoms with Crippen LogP contribution in [-0.4, -0.2) is 69.5 Å². The van der Waals surface area contributed by atoms with E-state index in [1.54, 1.807) is 4.90 Å². The summed E-state index contributed by atoms with van der Waals surface area (Å²) in [7, 11) is 0. The number of carbonyl (C=O) groups is 4. The summed E-state index contributed by atoms with van der Waals surface area (Å²) in [5.74, 6) is -2.47. The van der Waals surface area contributed by atoms with E-state index in [9.17, 15) is 19.2 Å². The Bertz CT molecular complexity index is 1520. The molecule has 0 spiro atoms. The van der Waals surface area contributed by atoms with Gasteiger partial charge in [-0.15, -0.1) is 0 Å². The largest absolute Gasteiger partial charge is 0.333 e. The molecule has 2 bridgehead atoms. The van der Waals surface area contributed by atoms with E-state index >= 15 is 4.39 Å². The normalized spacial score (nSPS) is 23.9. The lowest BCUT2D eigenvalue weighted by Crippen LogP contribution is -2.52. The molecule has 3 aromatic rings. The van der Waals surface area contributed by atoms with Crippen LogP contribution in [0.15, 0.2) is 72.8 Å². The van der Waals surface area contributed by atoms with Gasteiger partial charge in [-0.05, 0) is 41.7 Å². The summed E-state index contributed by atoms with van der Waals surface area (Å²) in [5, 5.41) is 2.27. The fourth-order valence-corrected chi connectivity index (χ4v) is 7.02. The predicted octanol–water partition coefficient (Wildman–Crippen LogP) is 3.28. The summed E-state index contributed by atoms with van der Waals surface area (Å²) in [4.78, 5) is 56.2. The van der Waals surface area contributed by atoms with Crippen molar-refractivity contribution in [3.63, 3.8) is 0 Å². The average molecular weight is 553 g/mol. The summed E-state index contributed by atoms with van der Waals surface area (Å²) < 4.78 is 15.4. The van der Waals surface area contributed by atoms with E-state index < -0.39 is 23.7 Å². The number of likely N-dealkylation sites (tertiary alicyclic amines) is 2. The molecule has 1 N–H and O–H groups in total. The molecule has 4 aliphatic rings. The maximum atomic E-state index is 15.4. The van der Waals surface area contributed by atoms with Crippen molar-refractivity contribution >= 4 is 23.6 Å². The van der Waals surface area contributed by atoms with E-state index in [1.807, 2.05) is 36.4 Å². The fraction of sp³-hybridized carbons (Fsp3) is 0.312. The van der Waals surface area contributed by atoms with Crippen molar-refractivity contribution in [2.45, 2.75) is 50.0 Å². The third-order valence-electron chi connectivity index (χ3n) is 8.95. The Morgan fingerprint density at radius 1 is 0.902 bits per heavy atom. The molecule has 4 amide bonds. The molecule has 3 saturated heterocycles. The number of halogens is 1. The topological polar surface area (TPSA) is 90.0 Å². The molecule has 7 rings (SSSR count). The van der Waals surface area contributed by atoms with Gasteiger partial charge in [0.05, 0.1) is 11.6 Å². The van der Waals surface area contributed by atoms with Crippen molar-refractivity contribution in [1.29, 1.82) is 0 Å². The van der Waals surface area contributed by atoms with Crippen LogP contribution in [0.5, 0.6) is 0 Å². The molecule has 3 aromatic carbocycles. The lowest BCUT2D eigenvalue weighted by molar-refractivity contribution is -0.136. The monoisotopic (exact) mass is 552 g/mol. The summed E-state index contributed by atoms with van der Waals surface area (Å²) in [6.45, 7) is 1.27. The third-order valence-corrected chi connectivity index (χ3v) is 8.95. The third kappa shape index (κ3) is 4.32. The van der Waals surface area contributed by atoms with Crippen molar-refractivity contribution < 1.29 is 23.6 Å². The van der Waals surface area contributed by atoms with Crippen LogP contribution >= 0.6 is 0 Å². The van der Waals surface area contributed by atoms with E-state index in [2.05, 4.69) is 34.5 Å². The van der Waals surface area contributed by atoms with Crippen LogP contribution in [0.4, 0.5) is 4.39 Å². The van der Waals surface area contributed by atoms with Crippen LogP contribution in [0.1, 0.15) is 62.7 Å². The van der Waals surface area contributed by atoms with E-state index in [1.165, 1.54) is 22.1 Å². The number of hydrogen-bond acceptors (Lipinski definition) is 5. The first kappa shape index (κ1) is 25.6. The first-order valence-corrected chi connectivity index (χ1v) is 14.0. The van der Waals surface area contributed by atoms with Gasteiger partial charge < -0.3 is 9.80 Å². The van der Waals surface area contributed by atoms with Crippen LogP contribution in [-0.2, 0) is 16.1 Å². The van der Waals surface area contributed by atoms with Crippen molar-refractivity contribution in [2.24, 2.45) is 0 Å². The Hall–Kier alpha value is -4.37. The second kappa shape index (κ2) is 9.92. The number of carbonyl (C=O) groups excluding carboxylic acids is 4. The average Bonchev–Trinajstić information content (AvgIpc) is 3.67. The smallest absolute Gasteiger partial charge is 0.257 e. The first-order valence-electron chi connectivity index (χ1n) is 14.0. The molecule has 3 fully saturated rings. The standard InChI is InChI=1S/C32H29FN4O4/c33-26-15-24-21(16-37(31(24)40)27-11-12-28(38)34-30(27)39)13-25(26)32(41)36-18-22-14-23(36)17-35(22)29(19-7-3-1-4-8-19)20-9-5-2-6-10-20/h1-10,13,15,22-23,27,29H,11-12,14,16-18H2,(H,34,38,39)/t22-,23-,27?/m0/s1. The first-order chi connectivity index (χ1) is 19.9. The van der Waals surface area contributed by atoms with Gasteiger partial charge in [-0.1, -0.05) is 60.7 Å². The van der Waals surface area contributed by atoms with Crippen molar-refractivity contribution in [2.75, 3.05) is 13.1 Å². The van der Waals surface area contributed by atoms with Crippen LogP contribution in [0.25, 0.3) is 0 Å². The SMILES string of the molecule is O=C1CCC(N2Cc3cc(C(=O)N4C[C@@H]5C[C@H]4CN5C(c4ccccc4)c4ccccc4)c(F)cc3C2=O)C(=O)N1. The molecule has 4 heterocycles. The summed E-state index contributed by atoms with van der Waals surface area (Å²) in [6, 6.07) is 22.6. The number of rotatable bonds is 5. The Balaban J connectivity index is 1.11. The number of piperazine rings is 1. The maximum absolute atomic E-state index is 15.4. The number of nitrogens with zero attached hydrogens (tertiary/aromatic N) is 3. The number of fused-ring (bicyclic) bond motifs is 3. The molecule has 0 aromatic heterocycles. The highest BCUT2D eigenvalue weighted by Crippen LogP contribution is 2.41. The van der Waals surface area contributed by atoms with Gasteiger partial charge in [0.15, 0.2) is 0 Å². The van der Waals surface area contributed by atoms with Crippen molar-refractivity contribution in [1.82, 2.24) is 20.0 Å². The minimum absolute atomic E-state index is 0.0447. The predicted molar refractivity (Wildman–Crippen MR) is 147 cm³/mol. The Kier molecular flexibility index (Phi) is 6.19. The van der Waals surface area contributed by atoms with E-state index in [4.69, 9.17) is 0 Å². The highest BCUT2D eigenvalue weighted by molar-refractivity contribution is 6.06. The molecule has 0 saturated carbocycles. The number of hydrogen-bond donors (Lipinski definition) is 1. The van der Waals surface area contributed by atoms with Gasteiger partial charge in [-0.25, -0.2) is 4.39 Å². The Morgan fingerprint density at radius 3 is 2.20 bits per heavy atom. The second-order valence-corrected chi connectivity index (χ2v) is 11.3. The molecule has 208 valence electrons. The van der Waals surface area contributed by atoms with Gasteiger partial charge in [0.2, 0.25) is 11.8 Å². The Morgan fingerprint density at radius 2 is 1.59 bits per heavy atom. The molecule has 8 nitrogen and oxygen atoms in total. The number of benzene rings is 3. The van der Waals surface area contributed by atoms with E-state index in [0.717, 1.165) is 12.5 Å². The van der Waals surface area contributed by atoms with E-state index in [0.29, 0.717) is 18.7 Å². The molecule has 0 radical (unpaired) electrons. The van der Waals surface area contributed by atoms with Crippen LogP contribution in [0, 0.1) is 5.82 Å². The molecule has 4 aliphatic heterocycles. The zero-order valence-electron chi connectivity index (χ0n) is 22.3. The molecule has 0 aliphatic carbocycles. The summed E-state index contributed by atoms with van der Waals surface area (Å²) in [5.41, 5.74) is 3.01. The van der Waals surface area contributed by atoms with Gasteiger partial charge in [-0.2, -0.15) is 0 Å². The lowest BCUT2D eigenvalue weighted by Gasteiger charge is -2.39. The molecule has 41 heavy (non-hydrogen) atoms. The molecule has 3 atom stereocenters. The highest BCUT2D eigenvalue weighted by Gasteiger charge is 2.49. The number of nitrogens with one attached hydrogen (secondary N) is 1. The van der Waals surface area contributed by atoms with Gasteiger partial charge in [0, 0.05) is 43.7 Å². The lowest BCUT2D eigenvalue weighted by atomic mass is 9.96. The summed E-state index contributed by atoms with van der Waals surface area (Å²) in [6.07, 6.45) is 1.17. The molecular weight excluding hydrogens is 523 g/mol. The van der Waals surface area contributed by atoms with Gasteiger partial charge in [-0.3, -0.25) is 29.4 Å². The minimum Gasteiger partial charge on any atom is -0.333 e. The zero-order chi connectivity index (χ0) is 28.2. The molecular formula is C32H29FN4O4. The van der Waals surface area contributed by atoms with Crippen molar-refractivity contribution in [3.05, 3.63) is 106 Å². The molecule has 1 unspecified atom stereocenters. The van der Waals surface area contributed by atoms with Crippen LogP contribution in [0.3, 0.4) is 0 Å². The number of amides is 4. The maximum Gasteiger partial charge on any atom is 0.257 e. The second-order valence-electron chi connectivity index (χ2n) is 11.3. The fourth-order valence-electron chi connectivity index (χ4n) is 7.02. The van der Waals surface area contributed by atoms with Crippen LogP contribution in [0.2, 0.25) is 0 Å².